The molecule has 0 atom stereocenters. The van der Waals surface area contributed by atoms with Crippen LogP contribution in [0, 0.1) is 0 Å². The normalized spacial score (nSPS) is 10.7. The van der Waals surface area contributed by atoms with Crippen molar-refractivity contribution in [1.82, 2.24) is 4.98 Å². The van der Waals surface area contributed by atoms with Crippen molar-refractivity contribution in [2.75, 3.05) is 0 Å². The fourth-order valence-corrected chi connectivity index (χ4v) is 2.77. The van der Waals surface area contributed by atoms with Crippen molar-refractivity contribution in [3.8, 4) is 11.5 Å². The molecule has 3 rings (SSSR count). The first kappa shape index (κ1) is 11.0. The molecule has 3 nitrogen and oxygen atoms in total. The summed E-state index contributed by atoms with van der Waals surface area (Å²) >= 11 is 1.53. The zero-order valence-corrected chi connectivity index (χ0v) is 10.4. The van der Waals surface area contributed by atoms with Gasteiger partial charge in [-0.15, -0.1) is 11.3 Å². The molecule has 0 aliphatic carbocycles. The van der Waals surface area contributed by atoms with E-state index in [1.165, 1.54) is 11.3 Å². The van der Waals surface area contributed by atoms with Gasteiger partial charge >= 0.3 is 0 Å². The average Bonchev–Trinajstić information content (AvgIpc) is 2.82. The van der Waals surface area contributed by atoms with E-state index >= 15 is 0 Å². The third kappa shape index (κ3) is 2.02. The van der Waals surface area contributed by atoms with Crippen LogP contribution in [0.25, 0.3) is 10.1 Å². The Morgan fingerprint density at radius 1 is 1.22 bits per heavy atom. The molecule has 0 unspecified atom stereocenters. The summed E-state index contributed by atoms with van der Waals surface area (Å²) < 4.78 is 6.57. The SMILES string of the molecule is Oc1cccc2c(COc3cccnc3)csc12. The standard InChI is InChI=1S/C14H11NO2S/c16-13-5-1-4-12-10(9-18-14(12)13)8-17-11-3-2-6-15-7-11/h1-7,9,16H,8H2. The fourth-order valence-electron chi connectivity index (χ4n) is 1.80. The van der Waals surface area contributed by atoms with Crippen LogP contribution in [0.3, 0.4) is 0 Å². The minimum absolute atomic E-state index is 0.324. The fraction of sp³-hybridized carbons (Fsp3) is 0.0714. The lowest BCUT2D eigenvalue weighted by Gasteiger charge is -2.04. The zero-order valence-electron chi connectivity index (χ0n) is 9.54. The van der Waals surface area contributed by atoms with Crippen LogP contribution in [0.2, 0.25) is 0 Å². The lowest BCUT2D eigenvalue weighted by molar-refractivity contribution is 0.307. The van der Waals surface area contributed by atoms with E-state index in [-0.39, 0.29) is 0 Å². The van der Waals surface area contributed by atoms with Gasteiger partial charge < -0.3 is 9.84 Å². The minimum atomic E-state index is 0.324. The predicted molar refractivity (Wildman–Crippen MR) is 72.1 cm³/mol. The van der Waals surface area contributed by atoms with Gasteiger partial charge in [0.15, 0.2) is 0 Å². The molecular formula is C14H11NO2S. The topological polar surface area (TPSA) is 42.4 Å². The maximum absolute atomic E-state index is 9.73. The average molecular weight is 257 g/mol. The van der Waals surface area contributed by atoms with Crippen LogP contribution < -0.4 is 4.74 Å². The van der Waals surface area contributed by atoms with E-state index in [1.807, 2.05) is 29.6 Å². The molecule has 0 fully saturated rings. The Hall–Kier alpha value is -2.07. The van der Waals surface area contributed by atoms with Crippen molar-refractivity contribution in [3.05, 3.63) is 53.7 Å². The number of phenols is 1. The summed E-state index contributed by atoms with van der Waals surface area (Å²) in [6.45, 7) is 0.481. The van der Waals surface area contributed by atoms with Gasteiger partial charge in [-0.2, -0.15) is 0 Å². The lowest BCUT2D eigenvalue weighted by atomic mass is 10.2. The molecule has 1 aromatic carbocycles. The molecule has 0 aliphatic heterocycles. The molecule has 90 valence electrons. The molecule has 0 radical (unpaired) electrons. The number of thiophene rings is 1. The van der Waals surface area contributed by atoms with Crippen molar-refractivity contribution in [1.29, 1.82) is 0 Å². The van der Waals surface area contributed by atoms with Crippen LogP contribution in [0.1, 0.15) is 5.56 Å². The van der Waals surface area contributed by atoms with E-state index < -0.39 is 0 Å². The zero-order chi connectivity index (χ0) is 12.4. The van der Waals surface area contributed by atoms with Gasteiger partial charge in [-0.25, -0.2) is 0 Å². The second kappa shape index (κ2) is 4.66. The summed E-state index contributed by atoms with van der Waals surface area (Å²) in [7, 11) is 0. The van der Waals surface area contributed by atoms with Crippen LogP contribution in [0.4, 0.5) is 0 Å². The Balaban J connectivity index is 1.85. The highest BCUT2D eigenvalue weighted by atomic mass is 32.1. The molecule has 0 saturated heterocycles. The molecular weight excluding hydrogens is 246 g/mol. The minimum Gasteiger partial charge on any atom is -0.506 e. The van der Waals surface area contributed by atoms with E-state index in [1.54, 1.807) is 18.5 Å². The van der Waals surface area contributed by atoms with Crippen molar-refractivity contribution >= 4 is 21.4 Å². The van der Waals surface area contributed by atoms with Gasteiger partial charge in [0.05, 0.1) is 10.9 Å². The summed E-state index contributed by atoms with van der Waals surface area (Å²) in [5.74, 6) is 1.07. The predicted octanol–water partition coefficient (Wildman–Crippen LogP) is 3.58. The van der Waals surface area contributed by atoms with Gasteiger partial charge in [0.25, 0.3) is 0 Å². The number of ether oxygens (including phenoxy) is 1. The van der Waals surface area contributed by atoms with E-state index in [9.17, 15) is 5.11 Å². The number of hydrogen-bond acceptors (Lipinski definition) is 4. The Bertz CT molecular complexity index is 664. The Morgan fingerprint density at radius 2 is 2.17 bits per heavy atom. The highest BCUT2D eigenvalue weighted by molar-refractivity contribution is 7.17. The first-order valence-electron chi connectivity index (χ1n) is 5.55. The monoisotopic (exact) mass is 257 g/mol. The third-order valence-corrected chi connectivity index (χ3v) is 3.76. The van der Waals surface area contributed by atoms with Crippen LogP contribution >= 0.6 is 11.3 Å². The second-order valence-corrected chi connectivity index (χ2v) is 4.77. The van der Waals surface area contributed by atoms with E-state index in [4.69, 9.17) is 4.74 Å². The van der Waals surface area contributed by atoms with Gasteiger partial charge in [-0.3, -0.25) is 4.98 Å². The molecule has 4 heteroatoms. The summed E-state index contributed by atoms with van der Waals surface area (Å²) in [6, 6.07) is 9.25. The number of hydrogen-bond donors (Lipinski definition) is 1. The molecule has 2 aromatic heterocycles. The van der Waals surface area contributed by atoms with E-state index in [0.29, 0.717) is 12.4 Å². The number of aromatic hydroxyl groups is 1. The molecule has 0 amide bonds. The lowest BCUT2D eigenvalue weighted by Crippen LogP contribution is -1.94. The van der Waals surface area contributed by atoms with Crippen molar-refractivity contribution in [3.63, 3.8) is 0 Å². The molecule has 1 N–H and O–H groups in total. The van der Waals surface area contributed by atoms with Gasteiger partial charge in [-0.1, -0.05) is 12.1 Å². The van der Waals surface area contributed by atoms with Crippen LogP contribution in [0.5, 0.6) is 11.5 Å². The number of benzene rings is 1. The van der Waals surface area contributed by atoms with Crippen molar-refractivity contribution in [2.24, 2.45) is 0 Å². The Labute approximate surface area is 108 Å². The van der Waals surface area contributed by atoms with Crippen molar-refractivity contribution in [2.45, 2.75) is 6.61 Å². The number of pyridine rings is 1. The van der Waals surface area contributed by atoms with Crippen LogP contribution in [0.15, 0.2) is 48.1 Å². The van der Waals surface area contributed by atoms with Gasteiger partial charge in [0, 0.05) is 17.1 Å². The quantitative estimate of drug-likeness (QED) is 0.779. The van der Waals surface area contributed by atoms with Crippen LogP contribution in [-0.4, -0.2) is 10.1 Å². The third-order valence-electron chi connectivity index (χ3n) is 2.69. The summed E-state index contributed by atoms with van der Waals surface area (Å²) in [6.07, 6.45) is 3.40. The number of nitrogens with zero attached hydrogens (tertiary/aromatic N) is 1. The number of aromatic nitrogens is 1. The first-order chi connectivity index (χ1) is 8.84. The molecule has 18 heavy (non-hydrogen) atoms. The highest BCUT2D eigenvalue weighted by Gasteiger charge is 2.07. The molecule has 0 spiro atoms. The van der Waals surface area contributed by atoms with Crippen molar-refractivity contribution < 1.29 is 9.84 Å². The number of phenolic OH excluding ortho intramolecular Hbond substituents is 1. The van der Waals surface area contributed by atoms with E-state index in [0.717, 1.165) is 21.4 Å². The maximum atomic E-state index is 9.73. The first-order valence-corrected chi connectivity index (χ1v) is 6.43. The van der Waals surface area contributed by atoms with E-state index in [2.05, 4.69) is 4.98 Å². The Morgan fingerprint density at radius 3 is 3.00 bits per heavy atom. The second-order valence-electron chi connectivity index (χ2n) is 3.89. The molecule has 2 heterocycles. The van der Waals surface area contributed by atoms with Gasteiger partial charge in [0.2, 0.25) is 0 Å². The number of fused-ring (bicyclic) bond motifs is 1. The van der Waals surface area contributed by atoms with Gasteiger partial charge in [0.1, 0.15) is 18.1 Å². The summed E-state index contributed by atoms with van der Waals surface area (Å²) in [5.41, 5.74) is 1.08. The Kier molecular flexibility index (Phi) is 2.86. The highest BCUT2D eigenvalue weighted by Crippen LogP contribution is 2.33. The summed E-state index contributed by atoms with van der Waals surface area (Å²) in [5, 5.41) is 12.8. The number of rotatable bonds is 3. The summed E-state index contributed by atoms with van der Waals surface area (Å²) in [4.78, 5) is 4.00. The largest absolute Gasteiger partial charge is 0.506 e. The molecule has 0 aliphatic rings. The molecule has 0 bridgehead atoms. The maximum Gasteiger partial charge on any atom is 0.138 e. The molecule has 3 aromatic rings. The molecule has 0 saturated carbocycles. The smallest absolute Gasteiger partial charge is 0.138 e. The van der Waals surface area contributed by atoms with Gasteiger partial charge in [-0.05, 0) is 23.6 Å². The van der Waals surface area contributed by atoms with Crippen LogP contribution in [-0.2, 0) is 6.61 Å².